The van der Waals surface area contributed by atoms with E-state index in [-0.39, 0.29) is 11.7 Å². The number of benzene rings is 1. The summed E-state index contributed by atoms with van der Waals surface area (Å²) in [7, 11) is 0. The second-order valence-corrected chi connectivity index (χ2v) is 6.47. The van der Waals surface area contributed by atoms with Crippen LogP contribution in [0.2, 0.25) is 0 Å². The summed E-state index contributed by atoms with van der Waals surface area (Å²) in [6.45, 7) is 2.65. The number of rotatable bonds is 3. The largest absolute Gasteiger partial charge is 0.314 e. The predicted molar refractivity (Wildman–Crippen MR) is 84.3 cm³/mol. The van der Waals surface area contributed by atoms with Crippen molar-refractivity contribution in [1.29, 1.82) is 0 Å². The van der Waals surface area contributed by atoms with Crippen LogP contribution in [0.25, 0.3) is 10.2 Å². The average molecular weight is 320 g/mol. The van der Waals surface area contributed by atoms with Crippen LogP contribution in [-0.4, -0.2) is 10.5 Å². The minimum atomic E-state index is -0.276. The fraction of sp³-hybridized carbons (Fsp3) is 0.200. The molecule has 3 aromatic rings. The van der Waals surface area contributed by atoms with Crippen LogP contribution in [0, 0.1) is 5.82 Å². The molecule has 2 aromatic heterocycles. The van der Waals surface area contributed by atoms with Gasteiger partial charge in [0, 0.05) is 6.54 Å². The molecule has 0 atom stereocenters. The lowest BCUT2D eigenvalue weighted by Gasteiger charge is -2.03. The monoisotopic (exact) mass is 320 g/mol. The molecule has 1 aromatic carbocycles. The Kier molecular flexibility index (Phi) is 3.98. The molecule has 1 amide bonds. The van der Waals surface area contributed by atoms with Crippen molar-refractivity contribution in [2.45, 2.75) is 19.9 Å². The molecule has 3 nitrogen and oxygen atoms in total. The Morgan fingerprint density at radius 1 is 1.33 bits per heavy atom. The Labute approximate surface area is 129 Å². The van der Waals surface area contributed by atoms with Crippen molar-refractivity contribution in [2.24, 2.45) is 4.99 Å². The van der Waals surface area contributed by atoms with E-state index in [1.807, 2.05) is 24.4 Å². The minimum absolute atomic E-state index is 0.276. The van der Waals surface area contributed by atoms with Crippen LogP contribution in [0.4, 0.5) is 4.39 Å². The first-order chi connectivity index (χ1) is 10.2. The Hall–Kier alpha value is -1.79. The lowest BCUT2D eigenvalue weighted by Crippen LogP contribution is -2.17. The maximum atomic E-state index is 14.1. The first kappa shape index (κ1) is 14.2. The Balaban J connectivity index is 2.20. The number of carbonyl (C=O) groups is 1. The maximum Gasteiger partial charge on any atom is 0.289 e. The van der Waals surface area contributed by atoms with Crippen molar-refractivity contribution in [3.05, 3.63) is 51.2 Å². The second kappa shape index (κ2) is 5.91. The molecular weight excluding hydrogens is 307 g/mol. The van der Waals surface area contributed by atoms with Crippen molar-refractivity contribution in [3.8, 4) is 0 Å². The van der Waals surface area contributed by atoms with Gasteiger partial charge in [-0.25, -0.2) is 4.39 Å². The van der Waals surface area contributed by atoms with Gasteiger partial charge >= 0.3 is 0 Å². The van der Waals surface area contributed by atoms with E-state index >= 15 is 0 Å². The molecule has 2 heterocycles. The third-order valence-electron chi connectivity index (χ3n) is 3.03. The molecule has 0 N–H and O–H groups in total. The highest BCUT2D eigenvalue weighted by atomic mass is 32.1. The van der Waals surface area contributed by atoms with Crippen LogP contribution < -0.4 is 4.80 Å². The number of para-hydroxylation sites is 1. The SMILES string of the molecule is CCCn1c(=NC(=O)c2cccs2)sc2cccc(F)c21. The van der Waals surface area contributed by atoms with Gasteiger partial charge in [-0.05, 0) is 30.0 Å². The third-order valence-corrected chi connectivity index (χ3v) is 4.93. The smallest absolute Gasteiger partial charge is 0.289 e. The van der Waals surface area contributed by atoms with E-state index in [1.54, 1.807) is 16.7 Å². The van der Waals surface area contributed by atoms with E-state index in [0.717, 1.165) is 11.1 Å². The van der Waals surface area contributed by atoms with Gasteiger partial charge in [-0.1, -0.05) is 30.4 Å². The second-order valence-electron chi connectivity index (χ2n) is 4.52. The number of aryl methyl sites for hydroxylation is 1. The number of hydrogen-bond acceptors (Lipinski definition) is 3. The van der Waals surface area contributed by atoms with Gasteiger partial charge in [-0.3, -0.25) is 4.79 Å². The molecule has 21 heavy (non-hydrogen) atoms. The number of thiophene rings is 1. The van der Waals surface area contributed by atoms with Crippen molar-refractivity contribution in [3.63, 3.8) is 0 Å². The van der Waals surface area contributed by atoms with Crippen LogP contribution in [0.1, 0.15) is 23.0 Å². The zero-order valence-electron chi connectivity index (χ0n) is 11.4. The molecule has 0 unspecified atom stereocenters. The highest BCUT2D eigenvalue weighted by Crippen LogP contribution is 2.21. The Morgan fingerprint density at radius 2 is 2.19 bits per heavy atom. The van der Waals surface area contributed by atoms with Gasteiger partial charge in [0.05, 0.1) is 15.1 Å². The number of fused-ring (bicyclic) bond motifs is 1. The quantitative estimate of drug-likeness (QED) is 0.717. The molecule has 108 valence electrons. The molecule has 0 fully saturated rings. The summed E-state index contributed by atoms with van der Waals surface area (Å²) >= 11 is 2.70. The zero-order chi connectivity index (χ0) is 14.8. The van der Waals surface area contributed by atoms with Crippen LogP contribution in [0.15, 0.2) is 40.7 Å². The summed E-state index contributed by atoms with van der Waals surface area (Å²) in [5.74, 6) is -0.552. The first-order valence-corrected chi connectivity index (χ1v) is 8.30. The van der Waals surface area contributed by atoms with E-state index in [0.29, 0.717) is 21.7 Å². The molecule has 0 aliphatic heterocycles. The summed E-state index contributed by atoms with van der Waals surface area (Å²) in [6.07, 6.45) is 0.848. The zero-order valence-corrected chi connectivity index (χ0v) is 13.0. The van der Waals surface area contributed by atoms with Gasteiger partial charge in [-0.15, -0.1) is 11.3 Å². The summed E-state index contributed by atoms with van der Waals surface area (Å²) in [6, 6.07) is 8.53. The molecule has 0 bridgehead atoms. The van der Waals surface area contributed by atoms with Crippen molar-refractivity contribution in [1.82, 2.24) is 4.57 Å². The van der Waals surface area contributed by atoms with Crippen LogP contribution in [0.5, 0.6) is 0 Å². The van der Waals surface area contributed by atoms with Crippen LogP contribution in [0.3, 0.4) is 0 Å². The van der Waals surface area contributed by atoms with E-state index < -0.39 is 0 Å². The third kappa shape index (κ3) is 2.69. The molecule has 0 radical (unpaired) electrons. The molecule has 0 spiro atoms. The number of hydrogen-bond donors (Lipinski definition) is 0. The normalized spacial score (nSPS) is 12.2. The van der Waals surface area contributed by atoms with E-state index in [4.69, 9.17) is 0 Å². The number of thiazole rings is 1. The maximum absolute atomic E-state index is 14.1. The number of halogens is 1. The lowest BCUT2D eigenvalue weighted by atomic mass is 10.3. The van der Waals surface area contributed by atoms with Gasteiger partial charge in [0.2, 0.25) is 0 Å². The topological polar surface area (TPSA) is 34.4 Å². The fourth-order valence-corrected chi connectivity index (χ4v) is 3.82. The van der Waals surface area contributed by atoms with Gasteiger partial charge < -0.3 is 4.57 Å². The Bertz CT molecular complexity index is 846. The number of carbonyl (C=O) groups excluding carboxylic acids is 1. The highest BCUT2D eigenvalue weighted by molar-refractivity contribution is 7.16. The van der Waals surface area contributed by atoms with Crippen LogP contribution >= 0.6 is 22.7 Å². The molecule has 3 rings (SSSR count). The van der Waals surface area contributed by atoms with Crippen molar-refractivity contribution < 1.29 is 9.18 Å². The van der Waals surface area contributed by atoms with Crippen molar-refractivity contribution >= 4 is 38.8 Å². The number of amides is 1. The highest BCUT2D eigenvalue weighted by Gasteiger charge is 2.12. The van der Waals surface area contributed by atoms with E-state index in [2.05, 4.69) is 4.99 Å². The predicted octanol–water partition coefficient (Wildman–Crippen LogP) is 4.05. The van der Waals surface area contributed by atoms with Crippen molar-refractivity contribution in [2.75, 3.05) is 0 Å². The van der Waals surface area contributed by atoms with Crippen LogP contribution in [-0.2, 0) is 6.54 Å². The minimum Gasteiger partial charge on any atom is -0.314 e. The summed E-state index contributed by atoms with van der Waals surface area (Å²) in [5, 5.41) is 1.84. The van der Waals surface area contributed by atoms with Gasteiger partial charge in [0.1, 0.15) is 5.82 Å². The molecule has 0 saturated heterocycles. The van der Waals surface area contributed by atoms with Gasteiger partial charge in [0.15, 0.2) is 4.80 Å². The van der Waals surface area contributed by atoms with E-state index in [9.17, 15) is 9.18 Å². The summed E-state index contributed by atoms with van der Waals surface area (Å²) in [5.41, 5.74) is 0.530. The molecule has 6 heteroatoms. The van der Waals surface area contributed by atoms with E-state index in [1.165, 1.54) is 28.7 Å². The fourth-order valence-electron chi connectivity index (χ4n) is 2.15. The molecular formula is C15H13FN2OS2. The summed E-state index contributed by atoms with van der Waals surface area (Å²) < 4.78 is 16.7. The standard InChI is InChI=1S/C15H13FN2OS2/c1-2-8-18-13-10(16)5-3-6-11(13)21-15(18)17-14(19)12-7-4-9-20-12/h3-7,9H,2,8H2,1H3. The van der Waals surface area contributed by atoms with Gasteiger partial charge in [-0.2, -0.15) is 4.99 Å². The Morgan fingerprint density at radius 3 is 2.90 bits per heavy atom. The molecule has 0 aliphatic carbocycles. The number of aromatic nitrogens is 1. The molecule has 0 saturated carbocycles. The molecule has 0 aliphatic rings. The summed E-state index contributed by atoms with van der Waals surface area (Å²) in [4.78, 5) is 17.5. The lowest BCUT2D eigenvalue weighted by molar-refractivity contribution is 0.100. The number of nitrogens with zero attached hydrogens (tertiary/aromatic N) is 2. The first-order valence-electron chi connectivity index (χ1n) is 6.61. The average Bonchev–Trinajstić information content (AvgIpc) is 3.09. The van der Waals surface area contributed by atoms with Gasteiger partial charge in [0.25, 0.3) is 5.91 Å².